The molecule has 4 rings (SSSR count). The van der Waals surface area contributed by atoms with Gasteiger partial charge in [-0.2, -0.15) is 0 Å². The standard InChI is InChI=1S/C23H26FNO3/c1-13-20-18(26)11-23(3,4)12-19(20)28-21(13)22(27)25(15-9-10-15)14(2)16-7-5-6-8-17(16)24/h5-8,14-15H,9-12H2,1-4H3. The number of carbonyl (C=O) groups is 2. The fraction of sp³-hybridized carbons (Fsp3) is 0.478. The summed E-state index contributed by atoms with van der Waals surface area (Å²) in [5, 5.41) is 0. The van der Waals surface area contributed by atoms with Gasteiger partial charge in [-0.3, -0.25) is 9.59 Å². The number of ketones is 1. The first-order valence-electron chi connectivity index (χ1n) is 9.92. The maximum atomic E-state index is 14.3. The number of rotatable bonds is 4. The van der Waals surface area contributed by atoms with Crippen molar-refractivity contribution >= 4 is 11.7 Å². The number of hydrogen-bond acceptors (Lipinski definition) is 3. The van der Waals surface area contributed by atoms with Gasteiger partial charge >= 0.3 is 0 Å². The van der Waals surface area contributed by atoms with Gasteiger partial charge in [-0.15, -0.1) is 0 Å². The van der Waals surface area contributed by atoms with E-state index in [1.54, 1.807) is 30.0 Å². The third kappa shape index (κ3) is 3.17. The summed E-state index contributed by atoms with van der Waals surface area (Å²) < 4.78 is 20.3. The van der Waals surface area contributed by atoms with E-state index in [2.05, 4.69) is 0 Å². The van der Waals surface area contributed by atoms with Crippen LogP contribution in [0.2, 0.25) is 0 Å². The minimum Gasteiger partial charge on any atom is -0.455 e. The molecule has 2 aliphatic carbocycles. The van der Waals surface area contributed by atoms with Crippen molar-refractivity contribution < 1.29 is 18.4 Å². The molecule has 28 heavy (non-hydrogen) atoms. The summed E-state index contributed by atoms with van der Waals surface area (Å²) in [6, 6.07) is 6.23. The highest BCUT2D eigenvalue weighted by atomic mass is 19.1. The molecule has 4 nitrogen and oxygen atoms in total. The Morgan fingerprint density at radius 1 is 1.25 bits per heavy atom. The van der Waals surface area contributed by atoms with Gasteiger partial charge in [0.15, 0.2) is 11.5 Å². The molecule has 1 amide bonds. The molecule has 148 valence electrons. The molecule has 1 aromatic carbocycles. The van der Waals surface area contributed by atoms with E-state index in [0.717, 1.165) is 12.8 Å². The summed E-state index contributed by atoms with van der Waals surface area (Å²) in [6.07, 6.45) is 2.88. The third-order valence-electron chi connectivity index (χ3n) is 5.92. The van der Waals surface area contributed by atoms with Gasteiger partial charge in [0.2, 0.25) is 0 Å². The van der Waals surface area contributed by atoms with Crippen molar-refractivity contribution in [3.8, 4) is 0 Å². The van der Waals surface area contributed by atoms with Gasteiger partial charge in [0.05, 0.1) is 11.6 Å². The number of furan rings is 1. The van der Waals surface area contributed by atoms with Crippen molar-refractivity contribution in [2.24, 2.45) is 5.41 Å². The summed E-state index contributed by atoms with van der Waals surface area (Å²) >= 11 is 0. The number of hydrogen-bond donors (Lipinski definition) is 0. The van der Waals surface area contributed by atoms with Crippen LogP contribution in [-0.2, 0) is 6.42 Å². The highest BCUT2D eigenvalue weighted by molar-refractivity contribution is 6.04. The van der Waals surface area contributed by atoms with Gasteiger partial charge in [0.1, 0.15) is 11.6 Å². The highest BCUT2D eigenvalue weighted by Crippen LogP contribution is 2.41. The second kappa shape index (κ2) is 6.57. The Hall–Kier alpha value is -2.43. The quantitative estimate of drug-likeness (QED) is 0.725. The van der Waals surface area contributed by atoms with Gasteiger partial charge in [0.25, 0.3) is 5.91 Å². The molecule has 0 N–H and O–H groups in total. The van der Waals surface area contributed by atoms with Crippen molar-refractivity contribution in [2.75, 3.05) is 0 Å². The Kier molecular flexibility index (Phi) is 4.44. The van der Waals surface area contributed by atoms with Crippen LogP contribution in [0, 0.1) is 18.2 Å². The number of benzene rings is 1. The molecule has 1 saturated carbocycles. The molecule has 0 spiro atoms. The Labute approximate surface area is 164 Å². The molecule has 2 aliphatic rings. The molecule has 0 radical (unpaired) electrons. The van der Waals surface area contributed by atoms with Gasteiger partial charge in [-0.1, -0.05) is 32.0 Å². The number of halogens is 1. The van der Waals surface area contributed by atoms with Crippen LogP contribution >= 0.6 is 0 Å². The average Bonchev–Trinajstić information content (AvgIpc) is 3.37. The molecule has 1 fully saturated rings. The van der Waals surface area contributed by atoms with Gasteiger partial charge in [-0.05, 0) is 38.2 Å². The van der Waals surface area contributed by atoms with Crippen LogP contribution in [0.1, 0.15) is 83.9 Å². The zero-order chi connectivity index (χ0) is 20.2. The Balaban J connectivity index is 1.72. The van der Waals surface area contributed by atoms with Crippen molar-refractivity contribution in [3.05, 3.63) is 58.3 Å². The zero-order valence-corrected chi connectivity index (χ0v) is 16.8. The number of fused-ring (bicyclic) bond motifs is 1. The molecule has 0 saturated heterocycles. The summed E-state index contributed by atoms with van der Waals surface area (Å²) in [6.45, 7) is 7.69. The second-order valence-corrected chi connectivity index (χ2v) is 8.94. The van der Waals surface area contributed by atoms with Crippen molar-refractivity contribution in [3.63, 3.8) is 0 Å². The number of amides is 1. The number of carbonyl (C=O) groups excluding carboxylic acids is 2. The second-order valence-electron chi connectivity index (χ2n) is 8.94. The van der Waals surface area contributed by atoms with Gasteiger partial charge in [-0.25, -0.2) is 4.39 Å². The predicted octanol–water partition coefficient (Wildman–Crippen LogP) is 5.25. The highest BCUT2D eigenvalue weighted by Gasteiger charge is 2.42. The number of nitrogens with zero attached hydrogens (tertiary/aromatic N) is 1. The van der Waals surface area contributed by atoms with E-state index < -0.39 is 6.04 Å². The average molecular weight is 383 g/mol. The summed E-state index contributed by atoms with van der Waals surface area (Å²) in [4.78, 5) is 27.8. The third-order valence-corrected chi connectivity index (χ3v) is 5.92. The van der Waals surface area contributed by atoms with Crippen molar-refractivity contribution in [2.45, 2.75) is 65.5 Å². The van der Waals surface area contributed by atoms with Crippen LogP contribution in [0.3, 0.4) is 0 Å². The van der Waals surface area contributed by atoms with E-state index in [1.807, 2.05) is 20.8 Å². The SMILES string of the molecule is Cc1c(C(=O)N(C2CC2)C(C)c2ccccc2F)oc2c1C(=O)CC(C)(C)C2. The minimum atomic E-state index is -0.408. The first-order chi connectivity index (χ1) is 13.2. The molecule has 5 heteroatoms. The predicted molar refractivity (Wildman–Crippen MR) is 104 cm³/mol. The molecular weight excluding hydrogens is 357 g/mol. The Morgan fingerprint density at radius 3 is 2.57 bits per heavy atom. The van der Waals surface area contributed by atoms with Crippen LogP contribution in [0.15, 0.2) is 28.7 Å². The summed E-state index contributed by atoms with van der Waals surface area (Å²) in [5.41, 5.74) is 1.50. The molecule has 2 aromatic rings. The summed E-state index contributed by atoms with van der Waals surface area (Å²) in [5.74, 6) is 0.297. The molecule has 1 aromatic heterocycles. The van der Waals surface area contributed by atoms with Gasteiger partial charge in [0, 0.05) is 30.0 Å². The van der Waals surface area contributed by atoms with Crippen LogP contribution in [0.25, 0.3) is 0 Å². The largest absolute Gasteiger partial charge is 0.455 e. The lowest BCUT2D eigenvalue weighted by Gasteiger charge is -2.29. The molecule has 0 aliphatic heterocycles. The molecule has 1 atom stereocenters. The lowest BCUT2D eigenvalue weighted by molar-refractivity contribution is 0.0632. The maximum absolute atomic E-state index is 14.3. The maximum Gasteiger partial charge on any atom is 0.290 e. The first-order valence-corrected chi connectivity index (χ1v) is 9.92. The minimum absolute atomic E-state index is 0.0340. The van der Waals surface area contributed by atoms with Crippen LogP contribution < -0.4 is 0 Å². The van der Waals surface area contributed by atoms with Crippen molar-refractivity contribution in [1.82, 2.24) is 4.90 Å². The molecule has 0 bridgehead atoms. The van der Waals surface area contributed by atoms with Crippen LogP contribution in [0.4, 0.5) is 4.39 Å². The normalized spacial score (nSPS) is 19.2. The Bertz CT molecular complexity index is 955. The first kappa shape index (κ1) is 18.9. The monoisotopic (exact) mass is 383 g/mol. The zero-order valence-electron chi connectivity index (χ0n) is 16.8. The fourth-order valence-electron chi connectivity index (χ4n) is 4.38. The topological polar surface area (TPSA) is 50.5 Å². The smallest absolute Gasteiger partial charge is 0.290 e. The van der Waals surface area contributed by atoms with E-state index in [0.29, 0.717) is 35.3 Å². The molecule has 1 heterocycles. The lowest BCUT2D eigenvalue weighted by atomic mass is 9.76. The van der Waals surface area contributed by atoms with E-state index in [-0.39, 0.29) is 34.7 Å². The molecule has 1 unspecified atom stereocenters. The van der Waals surface area contributed by atoms with Crippen molar-refractivity contribution in [1.29, 1.82) is 0 Å². The Morgan fingerprint density at radius 2 is 1.93 bits per heavy atom. The summed E-state index contributed by atoms with van der Waals surface area (Å²) in [7, 11) is 0. The fourth-order valence-corrected chi connectivity index (χ4v) is 4.38. The van der Waals surface area contributed by atoms with Crippen LogP contribution in [0.5, 0.6) is 0 Å². The van der Waals surface area contributed by atoms with E-state index in [1.165, 1.54) is 6.07 Å². The van der Waals surface area contributed by atoms with E-state index in [9.17, 15) is 14.0 Å². The van der Waals surface area contributed by atoms with E-state index >= 15 is 0 Å². The molecular formula is C23H26FNO3. The van der Waals surface area contributed by atoms with Gasteiger partial charge < -0.3 is 9.32 Å². The van der Waals surface area contributed by atoms with Crippen LogP contribution in [-0.4, -0.2) is 22.6 Å². The lowest BCUT2D eigenvalue weighted by Crippen LogP contribution is -2.36. The van der Waals surface area contributed by atoms with E-state index in [4.69, 9.17) is 4.42 Å². The number of Topliss-reactive ketones (excluding diaryl/α,β-unsaturated/α-hetero) is 1.